The molecule has 0 aliphatic heterocycles. The van der Waals surface area contributed by atoms with Crippen LogP contribution in [0.25, 0.3) is 11.3 Å². The number of hydrogen-bond acceptors (Lipinski definition) is 5. The fourth-order valence-electron chi connectivity index (χ4n) is 3.04. The second kappa shape index (κ2) is 8.74. The maximum Gasteiger partial charge on any atom is 0.0929 e. The third-order valence-corrected chi connectivity index (χ3v) is 5.59. The Kier molecular flexibility index (Phi) is 6.37. The molecule has 0 saturated carbocycles. The summed E-state index contributed by atoms with van der Waals surface area (Å²) in [6, 6.07) is 12.4. The van der Waals surface area contributed by atoms with Gasteiger partial charge < -0.3 is 10.4 Å². The highest BCUT2D eigenvalue weighted by Gasteiger charge is 2.20. The van der Waals surface area contributed by atoms with Crippen molar-refractivity contribution in [3.63, 3.8) is 0 Å². The van der Waals surface area contributed by atoms with Crippen molar-refractivity contribution in [2.45, 2.75) is 45.3 Å². The van der Waals surface area contributed by atoms with E-state index in [4.69, 9.17) is 0 Å². The molecule has 142 valence electrons. The van der Waals surface area contributed by atoms with Gasteiger partial charge in [-0.3, -0.25) is 4.98 Å². The van der Waals surface area contributed by atoms with Gasteiger partial charge in [-0.25, -0.2) is 4.98 Å². The van der Waals surface area contributed by atoms with Gasteiger partial charge in [0.1, 0.15) is 0 Å². The third-order valence-electron chi connectivity index (χ3n) is 4.59. The zero-order chi connectivity index (χ0) is 19.3. The Bertz CT molecular complexity index is 844. The number of nitrogens with zero attached hydrogens (tertiary/aromatic N) is 2. The molecule has 0 spiro atoms. The highest BCUT2D eigenvalue weighted by atomic mass is 32.1. The van der Waals surface area contributed by atoms with Crippen molar-refractivity contribution in [3.05, 3.63) is 70.3 Å². The van der Waals surface area contributed by atoms with Gasteiger partial charge in [0.15, 0.2) is 0 Å². The molecule has 0 bridgehead atoms. The van der Waals surface area contributed by atoms with Gasteiger partial charge in [0.05, 0.1) is 16.8 Å². The summed E-state index contributed by atoms with van der Waals surface area (Å²) in [6.45, 7) is 6.94. The van der Waals surface area contributed by atoms with Gasteiger partial charge in [-0.1, -0.05) is 37.3 Å². The van der Waals surface area contributed by atoms with E-state index in [1.165, 1.54) is 10.6 Å². The Hall–Kier alpha value is -2.08. The van der Waals surface area contributed by atoms with Crippen LogP contribution in [-0.2, 0) is 12.8 Å². The van der Waals surface area contributed by atoms with Gasteiger partial charge in [-0.05, 0) is 38.3 Å². The summed E-state index contributed by atoms with van der Waals surface area (Å²) in [7, 11) is 0. The van der Waals surface area contributed by atoms with Crippen molar-refractivity contribution in [3.8, 4) is 11.3 Å². The van der Waals surface area contributed by atoms with Gasteiger partial charge in [-0.2, -0.15) is 0 Å². The van der Waals surface area contributed by atoms with Crippen LogP contribution in [-0.4, -0.2) is 27.2 Å². The van der Waals surface area contributed by atoms with Gasteiger partial charge in [0.25, 0.3) is 0 Å². The van der Waals surface area contributed by atoms with Crippen molar-refractivity contribution in [2.75, 3.05) is 6.54 Å². The van der Waals surface area contributed by atoms with Crippen LogP contribution in [0.15, 0.2) is 54.2 Å². The number of benzene rings is 1. The molecular weight excluding hydrogens is 354 g/mol. The second-order valence-electron chi connectivity index (χ2n) is 7.42. The molecule has 0 fully saturated rings. The fraction of sp³-hybridized carbons (Fsp3) is 0.364. The Labute approximate surface area is 165 Å². The molecule has 0 aliphatic rings. The number of β-amino-alcohol motifs (C(OH)–C–C–N with tert-alkyl or cyclic N) is 1. The Morgan fingerprint density at radius 3 is 2.59 bits per heavy atom. The van der Waals surface area contributed by atoms with Crippen molar-refractivity contribution in [1.82, 2.24) is 15.3 Å². The average Bonchev–Trinajstić information content (AvgIpc) is 3.16. The normalized spacial score (nSPS) is 12.9. The maximum absolute atomic E-state index is 10.3. The predicted octanol–water partition coefficient (Wildman–Crippen LogP) is 4.41. The Morgan fingerprint density at radius 2 is 1.96 bits per heavy atom. The topological polar surface area (TPSA) is 58.0 Å². The van der Waals surface area contributed by atoms with E-state index >= 15 is 0 Å². The zero-order valence-electron chi connectivity index (χ0n) is 16.1. The first kappa shape index (κ1) is 19.7. The van der Waals surface area contributed by atoms with E-state index < -0.39 is 6.10 Å². The van der Waals surface area contributed by atoms with Crippen LogP contribution in [0.1, 0.15) is 43.0 Å². The molecule has 0 aliphatic carbocycles. The molecule has 1 atom stereocenters. The maximum atomic E-state index is 10.3. The van der Waals surface area contributed by atoms with Gasteiger partial charge >= 0.3 is 0 Å². The molecule has 1 aromatic carbocycles. The van der Waals surface area contributed by atoms with E-state index in [0.717, 1.165) is 29.7 Å². The summed E-state index contributed by atoms with van der Waals surface area (Å²) >= 11 is 1.72. The van der Waals surface area contributed by atoms with Crippen LogP contribution in [0.4, 0.5) is 0 Å². The van der Waals surface area contributed by atoms with Crippen molar-refractivity contribution < 1.29 is 5.11 Å². The molecule has 2 N–H and O–H groups in total. The minimum Gasteiger partial charge on any atom is -0.387 e. The molecule has 2 aromatic heterocycles. The fourth-order valence-corrected chi connectivity index (χ4v) is 3.79. The predicted molar refractivity (Wildman–Crippen MR) is 112 cm³/mol. The number of aliphatic hydroxyl groups excluding tert-OH is 1. The monoisotopic (exact) mass is 381 g/mol. The smallest absolute Gasteiger partial charge is 0.0929 e. The van der Waals surface area contributed by atoms with Crippen LogP contribution in [0.2, 0.25) is 0 Å². The van der Waals surface area contributed by atoms with Crippen molar-refractivity contribution >= 4 is 11.3 Å². The zero-order valence-corrected chi connectivity index (χ0v) is 17.0. The number of nitrogens with one attached hydrogen (secondary N) is 1. The molecular formula is C22H27N3OS. The molecule has 0 saturated heterocycles. The van der Waals surface area contributed by atoms with E-state index in [1.807, 2.05) is 12.1 Å². The summed E-state index contributed by atoms with van der Waals surface area (Å²) in [5.74, 6) is 0. The highest BCUT2D eigenvalue weighted by molar-refractivity contribution is 7.09. The van der Waals surface area contributed by atoms with Crippen LogP contribution in [0.3, 0.4) is 0 Å². The molecule has 4 nitrogen and oxygen atoms in total. The molecule has 27 heavy (non-hydrogen) atoms. The molecule has 0 unspecified atom stereocenters. The lowest BCUT2D eigenvalue weighted by Gasteiger charge is -2.28. The van der Waals surface area contributed by atoms with Crippen LogP contribution < -0.4 is 5.32 Å². The SMILES string of the molecule is CCc1nc(-c2ccc(CC(C)(C)NC[C@H](O)c3cccnc3)cc2)cs1. The first-order valence-corrected chi connectivity index (χ1v) is 10.2. The van der Waals surface area contributed by atoms with Gasteiger partial charge in [0.2, 0.25) is 0 Å². The quantitative estimate of drug-likeness (QED) is 0.607. The van der Waals surface area contributed by atoms with Gasteiger partial charge in [0, 0.05) is 41.0 Å². The van der Waals surface area contributed by atoms with E-state index in [9.17, 15) is 5.11 Å². The number of thiazole rings is 1. The van der Waals surface area contributed by atoms with Gasteiger partial charge in [-0.15, -0.1) is 11.3 Å². The summed E-state index contributed by atoms with van der Waals surface area (Å²) in [6.07, 6.45) is 4.72. The lowest BCUT2D eigenvalue weighted by molar-refractivity contribution is 0.160. The lowest BCUT2D eigenvalue weighted by Crippen LogP contribution is -2.43. The molecule has 0 radical (unpaired) electrons. The molecule has 3 aromatic rings. The third kappa shape index (κ3) is 5.45. The number of pyridine rings is 1. The van der Waals surface area contributed by atoms with Crippen LogP contribution in [0, 0.1) is 0 Å². The standard InChI is InChI=1S/C22H27N3OS/c1-4-21-25-19(15-27-21)17-9-7-16(8-10-17)12-22(2,3)24-14-20(26)18-6-5-11-23-13-18/h5-11,13,15,20,24,26H,4,12,14H2,1-3H3/t20-/m0/s1. The summed E-state index contributed by atoms with van der Waals surface area (Å²) in [5, 5.41) is 17.1. The minimum atomic E-state index is -0.558. The average molecular weight is 382 g/mol. The van der Waals surface area contributed by atoms with E-state index in [-0.39, 0.29) is 5.54 Å². The molecule has 3 rings (SSSR count). The Balaban J connectivity index is 1.58. The van der Waals surface area contributed by atoms with E-state index in [2.05, 4.69) is 65.7 Å². The second-order valence-corrected chi connectivity index (χ2v) is 8.36. The molecule has 5 heteroatoms. The summed E-state index contributed by atoms with van der Waals surface area (Å²) in [5.41, 5.74) is 4.19. The van der Waals surface area contributed by atoms with Crippen LogP contribution in [0.5, 0.6) is 0 Å². The lowest BCUT2D eigenvalue weighted by atomic mass is 9.93. The van der Waals surface area contributed by atoms with E-state index in [1.54, 1.807) is 23.7 Å². The first-order valence-electron chi connectivity index (χ1n) is 9.33. The number of aliphatic hydroxyl groups is 1. The number of hydrogen-bond donors (Lipinski definition) is 2. The number of rotatable bonds is 8. The van der Waals surface area contributed by atoms with E-state index in [0.29, 0.717) is 6.54 Å². The number of aromatic nitrogens is 2. The summed E-state index contributed by atoms with van der Waals surface area (Å²) in [4.78, 5) is 8.72. The van der Waals surface area contributed by atoms with Crippen molar-refractivity contribution in [1.29, 1.82) is 0 Å². The largest absolute Gasteiger partial charge is 0.387 e. The Morgan fingerprint density at radius 1 is 1.19 bits per heavy atom. The number of aryl methyl sites for hydroxylation is 1. The highest BCUT2D eigenvalue weighted by Crippen LogP contribution is 2.24. The van der Waals surface area contributed by atoms with Crippen molar-refractivity contribution in [2.24, 2.45) is 0 Å². The van der Waals surface area contributed by atoms with Crippen LogP contribution >= 0.6 is 11.3 Å². The molecule has 2 heterocycles. The minimum absolute atomic E-state index is 0.124. The first-order chi connectivity index (χ1) is 13.0. The summed E-state index contributed by atoms with van der Waals surface area (Å²) < 4.78 is 0. The molecule has 0 amide bonds.